The van der Waals surface area contributed by atoms with Gasteiger partial charge in [0.15, 0.2) is 0 Å². The molecule has 3 aromatic carbocycles. The fraction of sp³-hybridized carbons (Fsp3) is 0.261. The second kappa shape index (κ2) is 8.11. The summed E-state index contributed by atoms with van der Waals surface area (Å²) in [5.74, 6) is 0.330. The van der Waals surface area contributed by atoms with Crippen LogP contribution in [0, 0.1) is 0 Å². The molecule has 1 saturated heterocycles. The third-order valence-corrected chi connectivity index (χ3v) is 5.52. The van der Waals surface area contributed by atoms with Crippen LogP contribution < -0.4 is 15.0 Å². The molecule has 1 amide bonds. The number of nitrogens with one attached hydrogen (secondary N) is 1. The molecule has 28 heavy (non-hydrogen) atoms. The number of anilines is 2. The summed E-state index contributed by atoms with van der Waals surface area (Å²) in [6.07, 6.45) is 3.66. The Morgan fingerprint density at radius 1 is 1.00 bits per heavy atom. The molecule has 1 heterocycles. The number of amides is 1. The minimum absolute atomic E-state index is 0.218. The Hall–Kier alpha value is -2.72. The van der Waals surface area contributed by atoms with Gasteiger partial charge in [-0.1, -0.05) is 35.9 Å². The van der Waals surface area contributed by atoms with E-state index in [1.165, 1.54) is 19.3 Å². The zero-order valence-corrected chi connectivity index (χ0v) is 16.6. The number of fused-ring (bicyclic) bond motifs is 1. The van der Waals surface area contributed by atoms with Gasteiger partial charge in [-0.15, -0.1) is 0 Å². The maximum absolute atomic E-state index is 12.9. The first-order chi connectivity index (χ1) is 13.7. The smallest absolute Gasteiger partial charge is 0.259 e. The highest BCUT2D eigenvalue weighted by Gasteiger charge is 2.17. The van der Waals surface area contributed by atoms with Crippen LogP contribution in [-0.4, -0.2) is 26.1 Å². The number of carbonyl (C=O) groups is 1. The van der Waals surface area contributed by atoms with Crippen LogP contribution in [0.15, 0.2) is 54.6 Å². The van der Waals surface area contributed by atoms with E-state index in [0.717, 1.165) is 29.5 Å². The van der Waals surface area contributed by atoms with Crippen molar-refractivity contribution in [3.8, 4) is 5.75 Å². The SMILES string of the molecule is COc1cc2ccccc2cc1C(=O)Nc1ccc(N2CCCCC2)c(Cl)c1. The van der Waals surface area contributed by atoms with Crippen LogP contribution in [0.3, 0.4) is 0 Å². The van der Waals surface area contributed by atoms with E-state index in [0.29, 0.717) is 22.0 Å². The molecule has 1 fully saturated rings. The maximum Gasteiger partial charge on any atom is 0.259 e. The highest BCUT2D eigenvalue weighted by atomic mass is 35.5. The summed E-state index contributed by atoms with van der Waals surface area (Å²) in [5.41, 5.74) is 2.20. The molecule has 0 unspecified atom stereocenters. The Kier molecular flexibility index (Phi) is 5.40. The normalized spacial score (nSPS) is 14.1. The first kappa shape index (κ1) is 18.6. The van der Waals surface area contributed by atoms with Gasteiger partial charge in [-0.25, -0.2) is 0 Å². The minimum Gasteiger partial charge on any atom is -0.496 e. The van der Waals surface area contributed by atoms with Crippen molar-refractivity contribution in [2.24, 2.45) is 0 Å². The first-order valence-electron chi connectivity index (χ1n) is 9.58. The Morgan fingerprint density at radius 3 is 2.39 bits per heavy atom. The van der Waals surface area contributed by atoms with Crippen LogP contribution in [-0.2, 0) is 0 Å². The lowest BCUT2D eigenvalue weighted by Crippen LogP contribution is -2.29. The van der Waals surface area contributed by atoms with E-state index >= 15 is 0 Å². The van der Waals surface area contributed by atoms with E-state index in [9.17, 15) is 4.79 Å². The van der Waals surface area contributed by atoms with Gasteiger partial charge in [-0.05, 0) is 60.4 Å². The number of nitrogens with zero attached hydrogens (tertiary/aromatic N) is 1. The number of hydrogen-bond donors (Lipinski definition) is 1. The average molecular weight is 395 g/mol. The van der Waals surface area contributed by atoms with E-state index < -0.39 is 0 Å². The van der Waals surface area contributed by atoms with Crippen LogP contribution in [0.4, 0.5) is 11.4 Å². The number of halogens is 1. The summed E-state index contributed by atoms with van der Waals surface area (Å²) >= 11 is 6.51. The second-order valence-corrected chi connectivity index (χ2v) is 7.47. The van der Waals surface area contributed by atoms with E-state index in [1.807, 2.05) is 54.6 Å². The van der Waals surface area contributed by atoms with Gasteiger partial charge >= 0.3 is 0 Å². The van der Waals surface area contributed by atoms with Crippen molar-refractivity contribution < 1.29 is 9.53 Å². The van der Waals surface area contributed by atoms with Crippen LogP contribution in [0.1, 0.15) is 29.6 Å². The van der Waals surface area contributed by atoms with Crippen molar-refractivity contribution in [1.29, 1.82) is 0 Å². The Bertz CT molecular complexity index is 1010. The molecule has 1 aliphatic rings. The topological polar surface area (TPSA) is 41.6 Å². The highest BCUT2D eigenvalue weighted by molar-refractivity contribution is 6.33. The van der Waals surface area contributed by atoms with Crippen molar-refractivity contribution >= 4 is 39.7 Å². The van der Waals surface area contributed by atoms with Crippen molar-refractivity contribution in [2.75, 3.05) is 30.4 Å². The average Bonchev–Trinajstić information content (AvgIpc) is 2.73. The largest absolute Gasteiger partial charge is 0.496 e. The molecule has 4 nitrogen and oxygen atoms in total. The third kappa shape index (κ3) is 3.78. The first-order valence-corrected chi connectivity index (χ1v) is 9.96. The fourth-order valence-corrected chi connectivity index (χ4v) is 4.04. The lowest BCUT2D eigenvalue weighted by molar-refractivity contribution is 0.102. The number of hydrogen-bond acceptors (Lipinski definition) is 3. The molecule has 5 heteroatoms. The molecule has 1 aliphatic heterocycles. The van der Waals surface area contributed by atoms with Crippen LogP contribution in [0.5, 0.6) is 5.75 Å². The lowest BCUT2D eigenvalue weighted by Gasteiger charge is -2.29. The predicted molar refractivity (Wildman–Crippen MR) is 116 cm³/mol. The number of carbonyl (C=O) groups excluding carboxylic acids is 1. The Morgan fingerprint density at radius 2 is 1.71 bits per heavy atom. The third-order valence-electron chi connectivity index (χ3n) is 5.21. The summed E-state index contributed by atoms with van der Waals surface area (Å²) in [4.78, 5) is 15.2. The number of benzene rings is 3. The standard InChI is InChI=1S/C23H23ClN2O2/c1-28-22-14-17-8-4-3-7-16(17)13-19(22)23(27)25-18-9-10-21(20(24)15-18)26-11-5-2-6-12-26/h3-4,7-10,13-15H,2,5-6,11-12H2,1H3,(H,25,27). The number of piperidine rings is 1. The van der Waals surface area contributed by atoms with Crippen LogP contribution in [0.2, 0.25) is 5.02 Å². The number of rotatable bonds is 4. The zero-order chi connectivity index (χ0) is 19.5. The molecular formula is C23H23ClN2O2. The van der Waals surface area contributed by atoms with Crippen molar-refractivity contribution in [3.63, 3.8) is 0 Å². The monoisotopic (exact) mass is 394 g/mol. The summed E-state index contributed by atoms with van der Waals surface area (Å²) < 4.78 is 5.44. The van der Waals surface area contributed by atoms with Crippen molar-refractivity contribution in [2.45, 2.75) is 19.3 Å². The molecule has 4 rings (SSSR count). The van der Waals surface area contributed by atoms with Crippen molar-refractivity contribution in [3.05, 3.63) is 65.2 Å². The van der Waals surface area contributed by atoms with Gasteiger partial charge in [-0.2, -0.15) is 0 Å². The molecule has 0 saturated carbocycles. The molecule has 0 radical (unpaired) electrons. The van der Waals surface area contributed by atoms with Gasteiger partial charge in [0.1, 0.15) is 5.75 Å². The van der Waals surface area contributed by atoms with Crippen molar-refractivity contribution in [1.82, 2.24) is 0 Å². The van der Waals surface area contributed by atoms with E-state index in [1.54, 1.807) is 7.11 Å². The van der Waals surface area contributed by atoms with Gasteiger partial charge in [0.05, 0.1) is 23.4 Å². The number of ether oxygens (including phenoxy) is 1. The van der Waals surface area contributed by atoms with Gasteiger partial charge < -0.3 is 15.0 Å². The molecule has 0 aliphatic carbocycles. The number of methoxy groups -OCH3 is 1. The molecule has 0 atom stereocenters. The van der Waals surface area contributed by atoms with Gasteiger partial charge in [0.2, 0.25) is 0 Å². The van der Waals surface area contributed by atoms with Crippen LogP contribution in [0.25, 0.3) is 10.8 Å². The Labute approximate surface area is 170 Å². The second-order valence-electron chi connectivity index (χ2n) is 7.07. The highest BCUT2D eigenvalue weighted by Crippen LogP contribution is 2.32. The maximum atomic E-state index is 12.9. The van der Waals surface area contributed by atoms with E-state index in [-0.39, 0.29) is 5.91 Å². The summed E-state index contributed by atoms with van der Waals surface area (Å²) in [7, 11) is 1.57. The molecule has 0 bridgehead atoms. The van der Waals surface area contributed by atoms with Crippen LogP contribution >= 0.6 is 11.6 Å². The Balaban J connectivity index is 1.58. The zero-order valence-electron chi connectivity index (χ0n) is 15.9. The predicted octanol–water partition coefficient (Wildman–Crippen LogP) is 5.74. The van der Waals surface area contributed by atoms with E-state index in [4.69, 9.17) is 16.3 Å². The minimum atomic E-state index is -0.218. The van der Waals surface area contributed by atoms with Gasteiger partial charge in [0.25, 0.3) is 5.91 Å². The van der Waals surface area contributed by atoms with E-state index in [2.05, 4.69) is 10.2 Å². The van der Waals surface area contributed by atoms with Gasteiger partial charge in [-0.3, -0.25) is 4.79 Å². The fourth-order valence-electron chi connectivity index (χ4n) is 3.74. The molecule has 0 aromatic heterocycles. The molecule has 3 aromatic rings. The van der Waals surface area contributed by atoms with Gasteiger partial charge in [0, 0.05) is 18.8 Å². The quantitative estimate of drug-likeness (QED) is 0.613. The molecular weight excluding hydrogens is 372 g/mol. The summed E-state index contributed by atoms with van der Waals surface area (Å²) in [5, 5.41) is 5.63. The summed E-state index contributed by atoms with van der Waals surface area (Å²) in [6, 6.07) is 17.3. The molecule has 0 spiro atoms. The molecule has 144 valence electrons. The summed E-state index contributed by atoms with van der Waals surface area (Å²) in [6.45, 7) is 2.05. The lowest BCUT2D eigenvalue weighted by atomic mass is 10.1. The molecule has 1 N–H and O–H groups in total.